The zero-order chi connectivity index (χ0) is 47.4. The smallest absolute Gasteiger partial charge is 0.335 e. The van der Waals surface area contributed by atoms with Crippen molar-refractivity contribution in [1.29, 1.82) is 0 Å². The molecule has 1 aliphatic heterocycles. The Bertz CT molecular complexity index is 2460. The van der Waals surface area contributed by atoms with E-state index < -0.39 is 47.9 Å². The van der Waals surface area contributed by atoms with Crippen molar-refractivity contribution in [2.45, 2.75) is 130 Å². The number of allylic oxidation sites excluding steroid dienone is 1. The van der Waals surface area contributed by atoms with E-state index in [1.807, 2.05) is 12.1 Å². The Balaban J connectivity index is 1.48. The van der Waals surface area contributed by atoms with Gasteiger partial charge in [0.25, 0.3) is 11.5 Å². The zero-order valence-corrected chi connectivity index (χ0v) is 38.1. The van der Waals surface area contributed by atoms with Crippen LogP contribution >= 0.6 is 0 Å². The number of carbonyl (C=O) groups excluding carboxylic acids is 1. The van der Waals surface area contributed by atoms with E-state index in [1.54, 1.807) is 12.2 Å². The van der Waals surface area contributed by atoms with Crippen LogP contribution in [0.3, 0.4) is 0 Å². The van der Waals surface area contributed by atoms with Crippen molar-refractivity contribution in [3.05, 3.63) is 121 Å². The number of nitrogens with zero attached hydrogens (tertiary/aromatic N) is 4. The van der Waals surface area contributed by atoms with E-state index in [2.05, 4.69) is 45.8 Å². The summed E-state index contributed by atoms with van der Waals surface area (Å²) in [6.07, 6.45) is 24.7. The van der Waals surface area contributed by atoms with E-state index in [-0.39, 0.29) is 44.3 Å². The monoisotopic (exact) mass is 908 g/mol. The molecule has 4 aromatic rings. The Morgan fingerprint density at radius 2 is 1.15 bits per heavy atom. The summed E-state index contributed by atoms with van der Waals surface area (Å²) >= 11 is 0. The molecule has 1 amide bonds. The van der Waals surface area contributed by atoms with Crippen LogP contribution in [0.1, 0.15) is 164 Å². The van der Waals surface area contributed by atoms with Gasteiger partial charge in [-0.25, -0.2) is 19.4 Å². The molecule has 1 aliphatic rings. The topological polar surface area (TPSA) is 212 Å². The van der Waals surface area contributed by atoms with Crippen LogP contribution in [0.4, 0.5) is 11.4 Å². The van der Waals surface area contributed by atoms with E-state index in [4.69, 9.17) is 5.26 Å². The van der Waals surface area contributed by atoms with Gasteiger partial charge in [-0.05, 0) is 84.1 Å². The average Bonchev–Trinajstić information content (AvgIpc) is 3.65. The van der Waals surface area contributed by atoms with Crippen molar-refractivity contribution in [3.8, 4) is 11.4 Å². The van der Waals surface area contributed by atoms with Crippen LogP contribution < -0.4 is 26.2 Å². The number of aromatic nitrogens is 1. The number of carboxylic acid groups (broad SMARTS) is 2. The molecule has 15 heteroatoms. The Morgan fingerprint density at radius 3 is 1.65 bits per heavy atom. The number of hydrogen-bond acceptors (Lipinski definition) is 11. The third kappa shape index (κ3) is 13.9. The Labute approximate surface area is 385 Å². The number of amides is 1. The highest BCUT2D eigenvalue weighted by Gasteiger charge is 2.33. The number of benzene rings is 3. The molecule has 354 valence electrons. The maximum absolute atomic E-state index is 14.5. The number of aromatic carboxylic acids is 2. The summed E-state index contributed by atoms with van der Waals surface area (Å²) in [5.41, 5.74) is -0.0927. The molecule has 0 spiro atoms. The predicted molar refractivity (Wildman–Crippen MR) is 254 cm³/mol. The summed E-state index contributed by atoms with van der Waals surface area (Å²) in [5.74, 6) is -4.34. The number of anilines is 2. The zero-order valence-electron chi connectivity index (χ0n) is 38.1. The molecule has 0 saturated carbocycles. The van der Waals surface area contributed by atoms with Gasteiger partial charge in [0.15, 0.2) is 5.49 Å². The molecule has 2 heterocycles. The molecule has 0 saturated heterocycles. The number of hydrogen-bond donors (Lipinski definition) is 5. The Hall–Kier alpha value is -6.13. The highest BCUT2D eigenvalue weighted by molar-refractivity contribution is 6.09. The van der Waals surface area contributed by atoms with Gasteiger partial charge in [0.1, 0.15) is 24.5 Å². The second kappa shape index (κ2) is 26.1. The molecule has 0 unspecified atom stereocenters. The minimum Gasteiger partial charge on any atom is -0.506 e. The van der Waals surface area contributed by atoms with Gasteiger partial charge in [0.05, 0.1) is 27.7 Å². The lowest BCUT2D eigenvalue weighted by atomic mass is 10.1. The summed E-state index contributed by atoms with van der Waals surface area (Å²) in [4.78, 5) is 63.8. The van der Waals surface area contributed by atoms with Crippen molar-refractivity contribution in [2.24, 2.45) is 5.10 Å². The summed E-state index contributed by atoms with van der Waals surface area (Å²) in [7, 11) is 0. The van der Waals surface area contributed by atoms with Gasteiger partial charge < -0.3 is 20.2 Å². The van der Waals surface area contributed by atoms with Gasteiger partial charge in [0, 0.05) is 18.8 Å². The van der Waals surface area contributed by atoms with Gasteiger partial charge in [-0.15, -0.1) is 5.10 Å². The number of unbranched alkanes of at least 4 members (excludes halogenated alkanes) is 14. The van der Waals surface area contributed by atoms with Crippen molar-refractivity contribution >= 4 is 41.4 Å². The van der Waals surface area contributed by atoms with Crippen molar-refractivity contribution < 1.29 is 50.0 Å². The summed E-state index contributed by atoms with van der Waals surface area (Å²) < 4.78 is 0.959. The molecule has 1 aromatic heterocycles. The van der Waals surface area contributed by atoms with Gasteiger partial charge in [-0.3, -0.25) is 24.7 Å². The lowest BCUT2D eigenvalue weighted by molar-refractivity contribution is -0.253. The summed E-state index contributed by atoms with van der Waals surface area (Å²) in [5, 5.41) is 54.5. The van der Waals surface area contributed by atoms with E-state index in [0.717, 1.165) is 52.8 Å². The Kier molecular flexibility index (Phi) is 20.1. The van der Waals surface area contributed by atoms with E-state index in [0.29, 0.717) is 0 Å². The first-order chi connectivity index (χ1) is 32.0. The highest BCUT2D eigenvalue weighted by atomic mass is 17.1. The number of carboxylic acids is 2. The molecule has 0 radical (unpaired) electrons. The standard InChI is InChI=1S/C51H64N4O11/c1-3-5-7-9-11-13-15-17-26-53(27-18-16-14-12-10-8-6-4-2)41-24-22-36(23-25-41)20-19-21-44-46(56)45-47(54(48(44)57)42-30-37(34-65-63)28-39(32-42)50(59)60)52-55(49(45)58)43-31-38(35-66-64)29-40(33-43)51(61)62/h19-25,28-33,56,63-64H,3-18,26-27,34-35H2,1-2H3,(H,59,60)(H,61,62)/b20-19+,44-21+. The molecule has 0 fully saturated rings. The van der Waals surface area contributed by atoms with Crippen LogP contribution in [0, 0.1) is 0 Å². The number of pyridine rings is 1. The van der Waals surface area contributed by atoms with Crippen molar-refractivity contribution in [3.63, 3.8) is 0 Å². The minimum atomic E-state index is -1.36. The fourth-order valence-corrected chi connectivity index (χ4v) is 8.23. The molecular formula is C51H64N4O11. The van der Waals surface area contributed by atoms with Gasteiger partial charge in [-0.2, -0.15) is 5.01 Å². The third-order valence-corrected chi connectivity index (χ3v) is 11.7. The van der Waals surface area contributed by atoms with Crippen molar-refractivity contribution in [1.82, 2.24) is 4.57 Å². The van der Waals surface area contributed by atoms with Gasteiger partial charge in [-0.1, -0.05) is 128 Å². The fourth-order valence-electron chi connectivity index (χ4n) is 8.23. The fraction of sp³-hybridized carbons (Fsp3) is 0.431. The number of fused-ring (bicyclic) bond motifs is 1. The second-order valence-corrected chi connectivity index (χ2v) is 16.8. The minimum absolute atomic E-state index is 0.0759. The molecular weight excluding hydrogens is 845 g/mol. The number of carbonyl (C=O) groups is 3. The number of aromatic hydroxyl groups is 1. The number of rotatable bonds is 29. The van der Waals surface area contributed by atoms with Gasteiger partial charge in [0.2, 0.25) is 0 Å². The van der Waals surface area contributed by atoms with E-state index >= 15 is 0 Å². The summed E-state index contributed by atoms with van der Waals surface area (Å²) in [6, 6.07) is 15.6. The van der Waals surface area contributed by atoms with Crippen LogP contribution in [-0.4, -0.2) is 61.3 Å². The molecule has 0 atom stereocenters. The molecule has 15 nitrogen and oxygen atoms in total. The Morgan fingerprint density at radius 1 is 0.667 bits per heavy atom. The summed E-state index contributed by atoms with van der Waals surface area (Å²) in [6.45, 7) is 5.56. The first kappa shape index (κ1) is 50.9. The molecule has 66 heavy (non-hydrogen) atoms. The SMILES string of the molecule is CCCCCCCCCCN(CCCCCCCCCC)c1ccc(/C=C/C=c2\c(O)c3c(n(-c4cc(COO)cc(C(=O)O)c4)c2=O)=NN(c2cc(COO)cc(C(=O)O)c2)C3=O)cc1. The van der Waals surface area contributed by atoms with E-state index in [1.165, 1.54) is 126 Å². The molecule has 5 rings (SSSR count). The third-order valence-electron chi connectivity index (χ3n) is 11.7. The highest BCUT2D eigenvalue weighted by Crippen LogP contribution is 2.27. The molecule has 0 aliphatic carbocycles. The maximum atomic E-state index is 14.5. The molecule has 3 aromatic carbocycles. The molecule has 5 N–H and O–H groups in total. The van der Waals surface area contributed by atoms with Crippen LogP contribution in [0.15, 0.2) is 76.6 Å². The second-order valence-electron chi connectivity index (χ2n) is 16.8. The maximum Gasteiger partial charge on any atom is 0.335 e. The van der Waals surface area contributed by atoms with Crippen LogP contribution in [0.2, 0.25) is 0 Å². The molecule has 0 bridgehead atoms. The van der Waals surface area contributed by atoms with Crippen LogP contribution in [0.5, 0.6) is 5.75 Å². The first-order valence-electron chi connectivity index (χ1n) is 23.2. The largest absolute Gasteiger partial charge is 0.506 e. The van der Waals surface area contributed by atoms with Crippen LogP contribution in [0.25, 0.3) is 17.8 Å². The average molecular weight is 909 g/mol. The van der Waals surface area contributed by atoms with Gasteiger partial charge >= 0.3 is 11.9 Å². The van der Waals surface area contributed by atoms with Crippen molar-refractivity contribution in [2.75, 3.05) is 23.0 Å². The lowest BCUT2D eigenvalue weighted by Gasteiger charge is -2.25. The van der Waals surface area contributed by atoms with E-state index in [9.17, 15) is 39.8 Å². The lowest BCUT2D eigenvalue weighted by Crippen LogP contribution is -2.43. The van der Waals surface area contributed by atoms with Crippen LogP contribution in [-0.2, 0) is 23.0 Å². The first-order valence-corrected chi connectivity index (χ1v) is 23.2. The normalized spacial score (nSPS) is 12.6. The quantitative estimate of drug-likeness (QED) is 0.0196. The predicted octanol–water partition coefficient (Wildman–Crippen LogP) is 9.70.